The normalized spacial score (nSPS) is 15.7. The minimum Gasteiger partial charge on any atom is -0.378 e. The van der Waals surface area contributed by atoms with Gasteiger partial charge in [-0.25, -0.2) is 0 Å². The van der Waals surface area contributed by atoms with E-state index >= 15 is 0 Å². The second-order valence-corrected chi connectivity index (χ2v) is 5.56. The van der Waals surface area contributed by atoms with E-state index in [1.54, 1.807) is 11.3 Å². The maximum Gasteiger partial charge on any atom is 0.236 e. The van der Waals surface area contributed by atoms with Crippen molar-refractivity contribution in [1.82, 2.24) is 9.80 Å². The molecule has 0 saturated carbocycles. The fourth-order valence-electron chi connectivity index (χ4n) is 2.09. The van der Waals surface area contributed by atoms with Crippen molar-refractivity contribution in [3.05, 3.63) is 35.0 Å². The molecule has 4 nitrogen and oxygen atoms in total. The lowest BCUT2D eigenvalue weighted by Gasteiger charge is -2.29. The number of carbonyl (C=O) groups excluding carboxylic acids is 1. The number of morpholine rings is 1. The molecule has 0 unspecified atom stereocenters. The molecule has 0 spiro atoms. The number of carbonyl (C=O) groups is 1. The summed E-state index contributed by atoms with van der Waals surface area (Å²) in [6.45, 7) is 8.47. The minimum atomic E-state index is 0.182. The standard InChI is InChI=1S/C14H20N2O2S/c1-2-5-15(11-13-4-3-10-19-13)12-14(17)16-6-8-18-9-7-16/h2-4,10H,1,5-9,11-12H2. The Morgan fingerprint density at radius 2 is 2.32 bits per heavy atom. The van der Waals surface area contributed by atoms with E-state index in [4.69, 9.17) is 4.74 Å². The molecule has 0 bridgehead atoms. The van der Waals surface area contributed by atoms with Crippen molar-refractivity contribution < 1.29 is 9.53 Å². The maximum atomic E-state index is 12.2. The lowest BCUT2D eigenvalue weighted by atomic mass is 10.3. The summed E-state index contributed by atoms with van der Waals surface area (Å²) in [7, 11) is 0. The van der Waals surface area contributed by atoms with Gasteiger partial charge in [-0.05, 0) is 11.4 Å². The first-order valence-electron chi connectivity index (χ1n) is 6.50. The van der Waals surface area contributed by atoms with Gasteiger partial charge >= 0.3 is 0 Å². The molecule has 1 aromatic rings. The Morgan fingerprint density at radius 3 is 2.95 bits per heavy atom. The highest BCUT2D eigenvalue weighted by atomic mass is 32.1. The third kappa shape index (κ3) is 4.45. The first-order valence-corrected chi connectivity index (χ1v) is 7.38. The van der Waals surface area contributed by atoms with Crippen LogP contribution in [0.4, 0.5) is 0 Å². The van der Waals surface area contributed by atoms with Crippen LogP contribution < -0.4 is 0 Å². The topological polar surface area (TPSA) is 32.8 Å². The Morgan fingerprint density at radius 1 is 1.53 bits per heavy atom. The Balaban J connectivity index is 1.88. The smallest absolute Gasteiger partial charge is 0.236 e. The molecule has 1 fully saturated rings. The zero-order valence-electron chi connectivity index (χ0n) is 11.1. The van der Waals surface area contributed by atoms with Crippen LogP contribution in [0.15, 0.2) is 30.2 Å². The molecule has 1 aromatic heterocycles. The van der Waals surface area contributed by atoms with Gasteiger partial charge in [0.15, 0.2) is 0 Å². The van der Waals surface area contributed by atoms with Gasteiger partial charge in [-0.15, -0.1) is 17.9 Å². The van der Waals surface area contributed by atoms with Crippen molar-refractivity contribution in [3.8, 4) is 0 Å². The predicted molar refractivity (Wildman–Crippen MR) is 77.2 cm³/mol. The fraction of sp³-hybridized carbons (Fsp3) is 0.500. The number of amides is 1. The minimum absolute atomic E-state index is 0.182. The molecule has 1 aliphatic heterocycles. The molecule has 1 aliphatic rings. The van der Waals surface area contributed by atoms with E-state index in [9.17, 15) is 4.79 Å². The summed E-state index contributed by atoms with van der Waals surface area (Å²) >= 11 is 1.72. The van der Waals surface area contributed by atoms with E-state index in [-0.39, 0.29) is 5.91 Å². The van der Waals surface area contributed by atoms with E-state index in [1.165, 1.54) is 4.88 Å². The highest BCUT2D eigenvalue weighted by Gasteiger charge is 2.19. The second-order valence-electron chi connectivity index (χ2n) is 4.53. The summed E-state index contributed by atoms with van der Waals surface area (Å²) in [6, 6.07) is 4.13. The van der Waals surface area contributed by atoms with Crippen LogP contribution in [0, 0.1) is 0 Å². The molecule has 0 radical (unpaired) electrons. The number of rotatable bonds is 6. The number of ether oxygens (including phenoxy) is 1. The van der Waals surface area contributed by atoms with Crippen molar-refractivity contribution in [1.29, 1.82) is 0 Å². The van der Waals surface area contributed by atoms with Gasteiger partial charge in [0.2, 0.25) is 5.91 Å². The van der Waals surface area contributed by atoms with E-state index < -0.39 is 0 Å². The molecule has 2 rings (SSSR count). The van der Waals surface area contributed by atoms with Crippen molar-refractivity contribution in [2.45, 2.75) is 6.54 Å². The molecule has 1 amide bonds. The SMILES string of the molecule is C=CCN(CC(=O)N1CCOCC1)Cc1cccs1. The van der Waals surface area contributed by atoms with Gasteiger partial charge < -0.3 is 9.64 Å². The Labute approximate surface area is 118 Å². The average Bonchev–Trinajstić information content (AvgIpc) is 2.93. The van der Waals surface area contributed by atoms with Crippen LogP contribution in [0.3, 0.4) is 0 Å². The quantitative estimate of drug-likeness (QED) is 0.742. The summed E-state index contributed by atoms with van der Waals surface area (Å²) in [5.74, 6) is 0.182. The molecular weight excluding hydrogens is 260 g/mol. The molecule has 104 valence electrons. The largest absolute Gasteiger partial charge is 0.378 e. The van der Waals surface area contributed by atoms with Crippen molar-refractivity contribution in [2.75, 3.05) is 39.4 Å². The molecular formula is C14H20N2O2S. The van der Waals surface area contributed by atoms with Crippen LogP contribution in [-0.2, 0) is 16.1 Å². The Bertz CT molecular complexity index is 400. The van der Waals surface area contributed by atoms with Crippen LogP contribution in [0.25, 0.3) is 0 Å². The number of nitrogens with zero attached hydrogens (tertiary/aromatic N) is 2. The summed E-state index contributed by atoms with van der Waals surface area (Å²) in [6.07, 6.45) is 1.85. The van der Waals surface area contributed by atoms with Crippen molar-refractivity contribution in [2.24, 2.45) is 0 Å². The highest BCUT2D eigenvalue weighted by molar-refractivity contribution is 7.09. The monoisotopic (exact) mass is 280 g/mol. The van der Waals surface area contributed by atoms with E-state index in [2.05, 4.69) is 22.9 Å². The van der Waals surface area contributed by atoms with E-state index in [0.29, 0.717) is 32.8 Å². The van der Waals surface area contributed by atoms with Gasteiger partial charge in [0.1, 0.15) is 0 Å². The molecule has 19 heavy (non-hydrogen) atoms. The van der Waals surface area contributed by atoms with Gasteiger partial charge in [-0.2, -0.15) is 0 Å². The first-order chi connectivity index (χ1) is 9.29. The third-order valence-corrected chi connectivity index (χ3v) is 3.93. The van der Waals surface area contributed by atoms with Gasteiger partial charge in [-0.1, -0.05) is 12.1 Å². The second kappa shape index (κ2) is 7.43. The van der Waals surface area contributed by atoms with Crippen molar-refractivity contribution >= 4 is 17.2 Å². The molecule has 0 atom stereocenters. The summed E-state index contributed by atoms with van der Waals surface area (Å²) in [5.41, 5.74) is 0. The molecule has 1 saturated heterocycles. The summed E-state index contributed by atoms with van der Waals surface area (Å²) < 4.78 is 5.27. The molecule has 0 N–H and O–H groups in total. The highest BCUT2D eigenvalue weighted by Crippen LogP contribution is 2.12. The number of hydrogen-bond acceptors (Lipinski definition) is 4. The van der Waals surface area contributed by atoms with Gasteiger partial charge in [0, 0.05) is 31.1 Å². The zero-order chi connectivity index (χ0) is 13.5. The lowest BCUT2D eigenvalue weighted by molar-refractivity contribution is -0.136. The Kier molecular flexibility index (Phi) is 5.57. The van der Waals surface area contributed by atoms with Gasteiger partial charge in [0.25, 0.3) is 0 Å². The first kappa shape index (κ1) is 14.2. The van der Waals surface area contributed by atoms with Crippen LogP contribution >= 0.6 is 11.3 Å². The number of hydrogen-bond donors (Lipinski definition) is 0. The van der Waals surface area contributed by atoms with E-state index in [0.717, 1.165) is 13.1 Å². The third-order valence-electron chi connectivity index (χ3n) is 3.07. The van der Waals surface area contributed by atoms with Gasteiger partial charge in [-0.3, -0.25) is 9.69 Å². The van der Waals surface area contributed by atoms with Gasteiger partial charge in [0.05, 0.1) is 19.8 Å². The average molecular weight is 280 g/mol. The molecule has 5 heteroatoms. The predicted octanol–water partition coefficient (Wildman–Crippen LogP) is 1.59. The molecule has 2 heterocycles. The van der Waals surface area contributed by atoms with Crippen LogP contribution in [0.1, 0.15) is 4.88 Å². The lowest BCUT2D eigenvalue weighted by Crippen LogP contribution is -2.45. The van der Waals surface area contributed by atoms with Crippen LogP contribution in [0.2, 0.25) is 0 Å². The van der Waals surface area contributed by atoms with Crippen LogP contribution in [0.5, 0.6) is 0 Å². The van der Waals surface area contributed by atoms with Crippen LogP contribution in [-0.4, -0.2) is 55.1 Å². The molecule has 0 aliphatic carbocycles. The maximum absolute atomic E-state index is 12.2. The fourth-order valence-corrected chi connectivity index (χ4v) is 2.84. The Hall–Kier alpha value is -1.17. The number of thiophene rings is 1. The summed E-state index contributed by atoms with van der Waals surface area (Å²) in [5, 5.41) is 2.06. The summed E-state index contributed by atoms with van der Waals surface area (Å²) in [4.78, 5) is 17.5. The molecule has 0 aromatic carbocycles. The van der Waals surface area contributed by atoms with E-state index in [1.807, 2.05) is 17.0 Å². The zero-order valence-corrected chi connectivity index (χ0v) is 11.9. The van der Waals surface area contributed by atoms with Crippen molar-refractivity contribution in [3.63, 3.8) is 0 Å².